The molecule has 2 rings (SSSR count). The highest BCUT2D eigenvalue weighted by Gasteiger charge is 2.56. The van der Waals surface area contributed by atoms with Crippen molar-refractivity contribution in [3.8, 4) is 0 Å². The molecule has 0 unspecified atom stereocenters. The lowest BCUT2D eigenvalue weighted by Crippen LogP contribution is -2.44. The number of hydrogen-bond donors (Lipinski definition) is 0. The van der Waals surface area contributed by atoms with E-state index in [1.54, 1.807) is 0 Å². The highest BCUT2D eigenvalue weighted by Crippen LogP contribution is 2.41. The van der Waals surface area contributed by atoms with Gasteiger partial charge in [0.05, 0.1) is 9.79 Å². The first-order valence-corrected chi connectivity index (χ1v) is 11.1. The summed E-state index contributed by atoms with van der Waals surface area (Å²) in [4.78, 5) is -2.11. The van der Waals surface area contributed by atoms with Gasteiger partial charge in [0.15, 0.2) is 0 Å². The average molecular weight is 468 g/mol. The quantitative estimate of drug-likeness (QED) is 0.456. The Labute approximate surface area is 171 Å². The molecular weight excluding hydrogens is 452 g/mol. The average Bonchev–Trinajstić information content (AvgIpc) is 2.51. The van der Waals surface area contributed by atoms with Crippen molar-refractivity contribution in [2.45, 2.75) is 48.3 Å². The number of alkyl halides is 4. The minimum absolute atomic E-state index is 0.259. The predicted molar refractivity (Wildman–Crippen MR) is 95.6 cm³/mol. The SMILES string of the molecule is Cc1ccc(S(=O)(=O)[O-])c(CC(F)(F)C(F)(F)Cc2cc(C)ccc2S(=O)(=O)[O-])c1. The zero-order valence-corrected chi connectivity index (χ0v) is 17.3. The summed E-state index contributed by atoms with van der Waals surface area (Å²) < 4.78 is 126. The molecule has 0 radical (unpaired) electrons. The molecule has 0 amide bonds. The molecule has 0 fully saturated rings. The molecule has 0 aromatic heterocycles. The Morgan fingerprint density at radius 1 is 0.700 bits per heavy atom. The van der Waals surface area contributed by atoms with E-state index in [9.17, 15) is 43.5 Å². The second kappa shape index (κ2) is 7.91. The van der Waals surface area contributed by atoms with Crippen LogP contribution in [0.15, 0.2) is 46.2 Å². The second-order valence-electron chi connectivity index (χ2n) is 6.89. The molecule has 2 aromatic carbocycles. The summed E-state index contributed by atoms with van der Waals surface area (Å²) in [5.41, 5.74) is -1.07. The standard InChI is InChI=1S/C18H18F4O6S2/c1-11-3-5-15(29(23,24)25)13(7-11)9-17(19,20)18(21,22)10-14-8-12(2)4-6-16(14)30(26,27)28/h3-8H,9-10H2,1-2H3,(H,23,24,25)(H,26,27,28)/p-2. The van der Waals surface area contributed by atoms with Gasteiger partial charge in [0.25, 0.3) is 0 Å². The van der Waals surface area contributed by atoms with Crippen LogP contribution in [0, 0.1) is 13.8 Å². The summed E-state index contributed by atoms with van der Waals surface area (Å²) in [6, 6.07) is 5.59. The molecule has 12 heteroatoms. The third kappa shape index (κ3) is 5.36. The van der Waals surface area contributed by atoms with Crippen LogP contribution in [0.1, 0.15) is 22.3 Å². The fraction of sp³-hybridized carbons (Fsp3) is 0.333. The largest absolute Gasteiger partial charge is 0.744 e. The summed E-state index contributed by atoms with van der Waals surface area (Å²) in [5, 5.41) is 0. The number of rotatable bonds is 7. The van der Waals surface area contributed by atoms with Gasteiger partial charge < -0.3 is 9.11 Å². The number of hydrogen-bond acceptors (Lipinski definition) is 6. The smallest absolute Gasteiger partial charge is 0.314 e. The number of aryl methyl sites for hydroxylation is 2. The topological polar surface area (TPSA) is 114 Å². The molecule has 30 heavy (non-hydrogen) atoms. The van der Waals surface area contributed by atoms with Crippen molar-refractivity contribution in [3.63, 3.8) is 0 Å². The Morgan fingerprint density at radius 3 is 1.27 bits per heavy atom. The number of benzene rings is 2. The van der Waals surface area contributed by atoms with E-state index in [1.807, 2.05) is 0 Å². The van der Waals surface area contributed by atoms with E-state index in [0.29, 0.717) is 0 Å². The molecule has 0 spiro atoms. The third-order valence-electron chi connectivity index (χ3n) is 4.33. The van der Waals surface area contributed by atoms with E-state index in [1.165, 1.54) is 13.8 Å². The van der Waals surface area contributed by atoms with Crippen LogP contribution in [0.4, 0.5) is 17.6 Å². The molecule has 0 aliphatic rings. The Morgan fingerprint density at radius 2 is 1.00 bits per heavy atom. The molecule has 2 aromatic rings. The van der Waals surface area contributed by atoms with Gasteiger partial charge in [-0.1, -0.05) is 35.4 Å². The first-order chi connectivity index (χ1) is 13.4. The third-order valence-corrected chi connectivity index (χ3v) is 6.20. The van der Waals surface area contributed by atoms with Gasteiger partial charge in [0, 0.05) is 12.8 Å². The summed E-state index contributed by atoms with van der Waals surface area (Å²) in [5.74, 6) is -9.73. The maximum absolute atomic E-state index is 14.5. The van der Waals surface area contributed by atoms with Crippen molar-refractivity contribution < 1.29 is 43.5 Å². The summed E-state index contributed by atoms with van der Waals surface area (Å²) >= 11 is 0. The van der Waals surface area contributed by atoms with Crippen LogP contribution in [0.5, 0.6) is 0 Å². The van der Waals surface area contributed by atoms with Crippen molar-refractivity contribution in [1.82, 2.24) is 0 Å². The molecule has 0 bridgehead atoms. The van der Waals surface area contributed by atoms with Crippen molar-refractivity contribution >= 4 is 20.2 Å². The maximum atomic E-state index is 14.5. The molecule has 0 saturated carbocycles. The van der Waals surface area contributed by atoms with Gasteiger partial charge in [0.1, 0.15) is 20.2 Å². The monoisotopic (exact) mass is 468 g/mol. The minimum Gasteiger partial charge on any atom is -0.744 e. The fourth-order valence-corrected chi connectivity index (χ4v) is 4.29. The molecule has 0 saturated heterocycles. The molecular formula is C18H16F4O6S2-2. The molecule has 166 valence electrons. The van der Waals surface area contributed by atoms with Crippen LogP contribution in [0.25, 0.3) is 0 Å². The fourth-order valence-electron chi connectivity index (χ4n) is 2.92. The molecule has 6 nitrogen and oxygen atoms in total. The summed E-state index contributed by atoms with van der Waals surface area (Å²) in [6.45, 7) is 2.78. The molecule has 0 atom stereocenters. The summed E-state index contributed by atoms with van der Waals surface area (Å²) in [7, 11) is -10.4. The number of halogens is 4. The van der Waals surface area contributed by atoms with Crippen LogP contribution >= 0.6 is 0 Å². The zero-order valence-electron chi connectivity index (χ0n) is 15.7. The predicted octanol–water partition coefficient (Wildman–Crippen LogP) is 3.17. The van der Waals surface area contributed by atoms with E-state index in [-0.39, 0.29) is 11.1 Å². The van der Waals surface area contributed by atoms with Crippen molar-refractivity contribution in [3.05, 3.63) is 58.7 Å². The van der Waals surface area contributed by atoms with E-state index in [0.717, 1.165) is 36.4 Å². The molecule has 0 heterocycles. The lowest BCUT2D eigenvalue weighted by Gasteiger charge is -2.29. The molecule has 0 N–H and O–H groups in total. The van der Waals surface area contributed by atoms with Crippen LogP contribution in [-0.4, -0.2) is 37.8 Å². The first kappa shape index (κ1) is 24.3. The zero-order chi connectivity index (χ0) is 23.1. The maximum Gasteiger partial charge on any atom is 0.314 e. The van der Waals surface area contributed by atoms with Gasteiger partial charge >= 0.3 is 11.8 Å². The first-order valence-electron chi connectivity index (χ1n) is 8.30. The van der Waals surface area contributed by atoms with Gasteiger partial charge in [0.2, 0.25) is 0 Å². The Bertz CT molecular complexity index is 1080. The van der Waals surface area contributed by atoms with Crippen LogP contribution < -0.4 is 0 Å². The second-order valence-corrected chi connectivity index (χ2v) is 9.59. The van der Waals surface area contributed by atoms with E-state index in [4.69, 9.17) is 0 Å². The molecule has 0 aliphatic carbocycles. The summed E-state index contributed by atoms with van der Waals surface area (Å²) in [6.07, 6.45) is -3.58. The van der Waals surface area contributed by atoms with E-state index >= 15 is 0 Å². The van der Waals surface area contributed by atoms with Crippen molar-refractivity contribution in [2.24, 2.45) is 0 Å². The van der Waals surface area contributed by atoms with Crippen LogP contribution in [0.2, 0.25) is 0 Å². The van der Waals surface area contributed by atoms with E-state index < -0.39 is 65.8 Å². The Kier molecular flexibility index (Phi) is 6.39. The Balaban J connectivity index is 2.49. The van der Waals surface area contributed by atoms with Gasteiger partial charge in [-0.15, -0.1) is 0 Å². The van der Waals surface area contributed by atoms with Gasteiger partial charge in [-0.3, -0.25) is 0 Å². The lowest BCUT2D eigenvalue weighted by molar-refractivity contribution is -0.207. The normalized spacial score (nSPS) is 13.5. The van der Waals surface area contributed by atoms with E-state index in [2.05, 4.69) is 0 Å². The highest BCUT2D eigenvalue weighted by molar-refractivity contribution is 7.86. The lowest BCUT2D eigenvalue weighted by atomic mass is 9.95. The Hall–Kier alpha value is -2.02. The van der Waals surface area contributed by atoms with Crippen molar-refractivity contribution in [1.29, 1.82) is 0 Å². The highest BCUT2D eigenvalue weighted by atomic mass is 32.2. The van der Waals surface area contributed by atoms with Crippen LogP contribution in [0.3, 0.4) is 0 Å². The van der Waals surface area contributed by atoms with Gasteiger partial charge in [-0.2, -0.15) is 17.6 Å². The van der Waals surface area contributed by atoms with Crippen molar-refractivity contribution in [2.75, 3.05) is 0 Å². The van der Waals surface area contributed by atoms with Gasteiger partial charge in [-0.25, -0.2) is 16.8 Å². The minimum atomic E-state index is -5.21. The molecule has 0 aliphatic heterocycles. The van der Waals surface area contributed by atoms with Gasteiger partial charge in [-0.05, 0) is 37.1 Å². The van der Waals surface area contributed by atoms with Crippen LogP contribution in [-0.2, 0) is 33.1 Å².